The molecular formula is C18H30N4O2. The third kappa shape index (κ3) is 3.64. The molecule has 134 valence electrons. The molecule has 3 rings (SSSR count). The van der Waals surface area contributed by atoms with E-state index < -0.39 is 0 Å². The number of aryl methyl sites for hydroxylation is 1. The Bertz CT molecular complexity index is 576. The summed E-state index contributed by atoms with van der Waals surface area (Å²) in [7, 11) is 1.85. The first kappa shape index (κ1) is 17.4. The molecule has 1 aromatic heterocycles. The Morgan fingerprint density at radius 2 is 1.96 bits per heavy atom. The molecule has 0 aliphatic carbocycles. The van der Waals surface area contributed by atoms with Crippen molar-refractivity contribution in [2.45, 2.75) is 57.6 Å². The number of β-amino-alcohol motifs (C(OH)–C–C–N with tert-alkyl or cyclic N) is 1. The van der Waals surface area contributed by atoms with E-state index in [-0.39, 0.29) is 12.0 Å². The van der Waals surface area contributed by atoms with Gasteiger partial charge >= 0.3 is 0 Å². The maximum absolute atomic E-state index is 12.8. The zero-order valence-electron chi connectivity index (χ0n) is 15.1. The predicted octanol–water partition coefficient (Wildman–Crippen LogP) is 1.60. The molecule has 0 bridgehead atoms. The van der Waals surface area contributed by atoms with Gasteiger partial charge in [-0.1, -0.05) is 13.8 Å². The molecule has 0 radical (unpaired) electrons. The van der Waals surface area contributed by atoms with Crippen molar-refractivity contribution in [1.82, 2.24) is 19.6 Å². The maximum atomic E-state index is 12.8. The third-order valence-corrected chi connectivity index (χ3v) is 5.41. The van der Waals surface area contributed by atoms with Crippen molar-refractivity contribution in [3.8, 4) is 0 Å². The van der Waals surface area contributed by atoms with E-state index in [1.165, 1.54) is 0 Å². The van der Waals surface area contributed by atoms with Crippen molar-refractivity contribution in [2.75, 3.05) is 26.2 Å². The van der Waals surface area contributed by atoms with E-state index in [1.807, 2.05) is 18.0 Å². The summed E-state index contributed by atoms with van der Waals surface area (Å²) in [5.74, 6) is 0.419. The van der Waals surface area contributed by atoms with Gasteiger partial charge in [-0.05, 0) is 44.2 Å². The van der Waals surface area contributed by atoms with Crippen LogP contribution < -0.4 is 0 Å². The van der Waals surface area contributed by atoms with Gasteiger partial charge < -0.3 is 10.0 Å². The van der Waals surface area contributed by atoms with Crippen LogP contribution in [0.3, 0.4) is 0 Å². The number of aromatic nitrogens is 2. The average molecular weight is 334 g/mol. The molecule has 6 nitrogen and oxygen atoms in total. The van der Waals surface area contributed by atoms with Crippen LogP contribution in [0.4, 0.5) is 0 Å². The Hall–Kier alpha value is -1.40. The summed E-state index contributed by atoms with van der Waals surface area (Å²) in [5.41, 5.74) is 1.66. The summed E-state index contributed by atoms with van der Waals surface area (Å²) < 4.78 is 1.71. The fourth-order valence-corrected chi connectivity index (χ4v) is 3.88. The lowest BCUT2D eigenvalue weighted by molar-refractivity contribution is 0.0238. The van der Waals surface area contributed by atoms with E-state index in [1.54, 1.807) is 4.68 Å². The van der Waals surface area contributed by atoms with Gasteiger partial charge in [0.1, 0.15) is 5.69 Å². The first-order chi connectivity index (χ1) is 11.5. The fraction of sp³-hybridized carbons (Fsp3) is 0.778. The monoisotopic (exact) mass is 334 g/mol. The average Bonchev–Trinajstić information content (AvgIpc) is 2.96. The molecule has 6 heteroatoms. The first-order valence-electron chi connectivity index (χ1n) is 9.21. The lowest BCUT2D eigenvalue weighted by Crippen LogP contribution is -2.50. The minimum absolute atomic E-state index is 0.0917. The van der Waals surface area contributed by atoms with Crippen molar-refractivity contribution in [2.24, 2.45) is 7.05 Å². The van der Waals surface area contributed by atoms with Gasteiger partial charge in [-0.15, -0.1) is 0 Å². The number of nitrogens with zero attached hydrogens (tertiary/aromatic N) is 4. The minimum Gasteiger partial charge on any atom is -0.392 e. The molecule has 0 spiro atoms. The molecule has 2 aliphatic rings. The number of carbonyl (C=O) groups is 1. The zero-order valence-corrected chi connectivity index (χ0v) is 15.1. The van der Waals surface area contributed by atoms with E-state index in [2.05, 4.69) is 23.8 Å². The van der Waals surface area contributed by atoms with E-state index in [0.29, 0.717) is 17.7 Å². The van der Waals surface area contributed by atoms with Gasteiger partial charge in [0.15, 0.2) is 0 Å². The van der Waals surface area contributed by atoms with Gasteiger partial charge in [0.25, 0.3) is 5.91 Å². The second-order valence-corrected chi connectivity index (χ2v) is 7.55. The van der Waals surface area contributed by atoms with Crippen LogP contribution in [0.1, 0.15) is 61.6 Å². The maximum Gasteiger partial charge on any atom is 0.272 e. The largest absolute Gasteiger partial charge is 0.392 e. The molecule has 1 atom stereocenters. The van der Waals surface area contributed by atoms with Gasteiger partial charge in [-0.2, -0.15) is 5.10 Å². The second-order valence-electron chi connectivity index (χ2n) is 7.55. The van der Waals surface area contributed by atoms with Crippen LogP contribution >= 0.6 is 0 Å². The highest BCUT2D eigenvalue weighted by Gasteiger charge is 2.30. The number of aliphatic hydroxyl groups excluding tert-OH is 1. The molecule has 1 N–H and O–H groups in total. The Kier molecular flexibility index (Phi) is 5.25. The fourth-order valence-electron chi connectivity index (χ4n) is 3.88. The van der Waals surface area contributed by atoms with Crippen molar-refractivity contribution >= 4 is 5.91 Å². The quantitative estimate of drug-likeness (QED) is 0.912. The van der Waals surface area contributed by atoms with Gasteiger partial charge in [-0.3, -0.25) is 14.4 Å². The Morgan fingerprint density at radius 1 is 1.25 bits per heavy atom. The summed E-state index contributed by atoms with van der Waals surface area (Å²) in [4.78, 5) is 17.2. The summed E-state index contributed by atoms with van der Waals surface area (Å²) in [6.07, 6.45) is 3.81. The molecule has 2 saturated heterocycles. The number of hydrogen-bond acceptors (Lipinski definition) is 4. The van der Waals surface area contributed by atoms with Gasteiger partial charge in [0.2, 0.25) is 0 Å². The summed E-state index contributed by atoms with van der Waals surface area (Å²) in [6.45, 7) is 7.63. The van der Waals surface area contributed by atoms with Crippen LogP contribution in [0.2, 0.25) is 0 Å². The van der Waals surface area contributed by atoms with Crippen LogP contribution in [0.15, 0.2) is 6.07 Å². The van der Waals surface area contributed by atoms with E-state index in [9.17, 15) is 9.90 Å². The Balaban J connectivity index is 1.59. The molecule has 2 aliphatic heterocycles. The lowest BCUT2D eigenvalue weighted by atomic mass is 9.98. The number of hydrogen-bond donors (Lipinski definition) is 1. The molecule has 2 fully saturated rings. The summed E-state index contributed by atoms with van der Waals surface area (Å²) in [5, 5.41) is 14.3. The zero-order chi connectivity index (χ0) is 17.3. The van der Waals surface area contributed by atoms with Crippen molar-refractivity contribution in [3.05, 3.63) is 17.5 Å². The van der Waals surface area contributed by atoms with Gasteiger partial charge in [-0.25, -0.2) is 0 Å². The predicted molar refractivity (Wildman–Crippen MR) is 93.0 cm³/mol. The van der Waals surface area contributed by atoms with Crippen molar-refractivity contribution in [1.29, 1.82) is 0 Å². The van der Waals surface area contributed by atoms with Gasteiger partial charge in [0, 0.05) is 32.7 Å². The smallest absolute Gasteiger partial charge is 0.272 e. The highest BCUT2D eigenvalue weighted by molar-refractivity contribution is 5.92. The number of aliphatic hydroxyl groups is 1. The number of amides is 1. The highest BCUT2D eigenvalue weighted by Crippen LogP contribution is 2.23. The standard InChI is InChI=1S/C18H30N4O2/c1-13(2)16-11-17(20(3)19-16)18(24)21-9-6-14(7-10-21)22-8-4-5-15(23)12-22/h11,13-15,23H,4-10,12H2,1-3H3. The number of rotatable bonds is 3. The SMILES string of the molecule is CC(C)c1cc(C(=O)N2CCC(N3CCCC(O)C3)CC2)n(C)n1. The topological polar surface area (TPSA) is 61.6 Å². The molecule has 1 unspecified atom stereocenters. The molecule has 24 heavy (non-hydrogen) atoms. The molecule has 3 heterocycles. The van der Waals surface area contributed by atoms with Crippen molar-refractivity contribution < 1.29 is 9.90 Å². The first-order valence-corrected chi connectivity index (χ1v) is 9.21. The van der Waals surface area contributed by atoms with E-state index in [4.69, 9.17) is 0 Å². The molecule has 1 amide bonds. The van der Waals surface area contributed by atoms with Crippen LogP contribution in [0.25, 0.3) is 0 Å². The van der Waals surface area contributed by atoms with Gasteiger partial charge in [0.05, 0.1) is 11.8 Å². The number of piperidine rings is 2. The molecule has 1 aromatic rings. The highest BCUT2D eigenvalue weighted by atomic mass is 16.3. The summed E-state index contributed by atoms with van der Waals surface area (Å²) >= 11 is 0. The number of likely N-dealkylation sites (tertiary alicyclic amines) is 2. The lowest BCUT2D eigenvalue weighted by Gasteiger charge is -2.41. The molecule has 0 saturated carbocycles. The number of carbonyl (C=O) groups excluding carboxylic acids is 1. The van der Waals surface area contributed by atoms with Crippen molar-refractivity contribution in [3.63, 3.8) is 0 Å². The normalized spacial score (nSPS) is 23.9. The molecular weight excluding hydrogens is 304 g/mol. The van der Waals surface area contributed by atoms with Crippen LogP contribution in [-0.4, -0.2) is 68.9 Å². The van der Waals surface area contributed by atoms with E-state index in [0.717, 1.165) is 57.6 Å². The van der Waals surface area contributed by atoms with Crippen LogP contribution in [-0.2, 0) is 7.05 Å². The second kappa shape index (κ2) is 7.23. The molecule has 0 aromatic carbocycles. The Labute approximate surface area is 144 Å². The van der Waals surface area contributed by atoms with Crippen LogP contribution in [0, 0.1) is 0 Å². The van der Waals surface area contributed by atoms with E-state index >= 15 is 0 Å². The Morgan fingerprint density at radius 3 is 2.54 bits per heavy atom. The summed E-state index contributed by atoms with van der Waals surface area (Å²) in [6, 6.07) is 2.43. The minimum atomic E-state index is -0.178. The third-order valence-electron chi connectivity index (χ3n) is 5.41. The van der Waals surface area contributed by atoms with Crippen LogP contribution in [0.5, 0.6) is 0 Å².